The number of hydrogen-bond acceptors (Lipinski definition) is 6. The highest BCUT2D eigenvalue weighted by Crippen LogP contribution is 2.09. The number of amides is 1. The average molecular weight is 313 g/mol. The number of alkyl carbamates (subject to hydrolysis) is 1. The number of nitrogens with zero attached hydrogens (tertiary/aromatic N) is 2. The van der Waals surface area contributed by atoms with E-state index in [1.807, 2.05) is 0 Å². The van der Waals surface area contributed by atoms with Crippen LogP contribution in [0.15, 0.2) is 12.5 Å². The summed E-state index contributed by atoms with van der Waals surface area (Å²) in [5.74, 6) is -0.719. The van der Waals surface area contributed by atoms with E-state index in [4.69, 9.17) is 9.84 Å². The van der Waals surface area contributed by atoms with Crippen LogP contribution < -0.4 is 5.32 Å². The number of ether oxygens (including phenoxy) is 2. The molecule has 0 spiro atoms. The van der Waals surface area contributed by atoms with E-state index in [1.54, 1.807) is 20.8 Å². The highest BCUT2D eigenvalue weighted by Gasteiger charge is 2.27. The van der Waals surface area contributed by atoms with Crippen LogP contribution in [-0.2, 0) is 20.7 Å². The van der Waals surface area contributed by atoms with E-state index >= 15 is 0 Å². The first kappa shape index (κ1) is 17.5. The van der Waals surface area contributed by atoms with Gasteiger partial charge in [-0.15, -0.1) is 0 Å². The Morgan fingerprint density at radius 2 is 2.05 bits per heavy atom. The number of imidazole rings is 1. The summed E-state index contributed by atoms with van der Waals surface area (Å²) in [7, 11) is 1.17. The lowest BCUT2D eigenvalue weighted by Gasteiger charge is -2.22. The van der Waals surface area contributed by atoms with E-state index in [0.717, 1.165) is 10.9 Å². The van der Waals surface area contributed by atoms with E-state index in [0.29, 0.717) is 0 Å². The second-order valence-corrected chi connectivity index (χ2v) is 5.46. The molecule has 9 nitrogen and oxygen atoms in total. The molecule has 0 aliphatic rings. The summed E-state index contributed by atoms with van der Waals surface area (Å²) in [5, 5.41) is 11.4. The van der Waals surface area contributed by atoms with E-state index in [9.17, 15) is 14.4 Å². The monoisotopic (exact) mass is 313 g/mol. The smallest absolute Gasteiger partial charge is 0.417 e. The minimum Gasteiger partial charge on any atom is -0.467 e. The molecule has 1 aromatic heterocycles. The second kappa shape index (κ2) is 6.92. The molecule has 1 heterocycles. The van der Waals surface area contributed by atoms with Crippen molar-refractivity contribution in [3.63, 3.8) is 0 Å². The first-order valence-electron chi connectivity index (χ1n) is 6.46. The van der Waals surface area contributed by atoms with Crippen molar-refractivity contribution in [2.45, 2.75) is 38.8 Å². The third-order valence-electron chi connectivity index (χ3n) is 2.51. The van der Waals surface area contributed by atoms with Crippen molar-refractivity contribution < 1.29 is 29.0 Å². The molecule has 0 bridgehead atoms. The Morgan fingerprint density at radius 1 is 1.41 bits per heavy atom. The fourth-order valence-corrected chi connectivity index (χ4v) is 1.64. The largest absolute Gasteiger partial charge is 0.467 e. The lowest BCUT2D eigenvalue weighted by molar-refractivity contribution is -0.143. The number of hydrogen-bond donors (Lipinski definition) is 2. The summed E-state index contributed by atoms with van der Waals surface area (Å²) in [4.78, 5) is 38.2. The molecule has 9 heteroatoms. The van der Waals surface area contributed by atoms with Crippen molar-refractivity contribution in [3.05, 3.63) is 18.2 Å². The molecule has 1 aromatic rings. The summed E-state index contributed by atoms with van der Waals surface area (Å²) in [5.41, 5.74) is -0.493. The Labute approximate surface area is 127 Å². The van der Waals surface area contributed by atoms with Crippen molar-refractivity contribution in [2.24, 2.45) is 0 Å². The molecule has 22 heavy (non-hydrogen) atoms. The van der Waals surface area contributed by atoms with Gasteiger partial charge in [-0.2, -0.15) is 0 Å². The minimum atomic E-state index is -1.24. The van der Waals surface area contributed by atoms with Gasteiger partial charge in [-0.05, 0) is 20.8 Å². The maximum atomic E-state index is 11.8. The number of methoxy groups -OCH3 is 1. The van der Waals surface area contributed by atoms with Crippen LogP contribution >= 0.6 is 0 Å². The van der Waals surface area contributed by atoms with Gasteiger partial charge in [0.25, 0.3) is 0 Å². The fourth-order valence-electron chi connectivity index (χ4n) is 1.64. The predicted molar refractivity (Wildman–Crippen MR) is 74.5 cm³/mol. The van der Waals surface area contributed by atoms with E-state index in [-0.39, 0.29) is 12.1 Å². The Morgan fingerprint density at radius 3 is 2.55 bits per heavy atom. The molecule has 0 saturated heterocycles. The van der Waals surface area contributed by atoms with Crippen molar-refractivity contribution in [1.82, 2.24) is 14.9 Å². The number of rotatable bonds is 4. The zero-order valence-electron chi connectivity index (χ0n) is 12.8. The minimum absolute atomic E-state index is 0.0990. The third-order valence-corrected chi connectivity index (χ3v) is 2.51. The summed E-state index contributed by atoms with van der Waals surface area (Å²) in [6, 6.07) is -1.09. The molecule has 0 radical (unpaired) electrons. The maximum absolute atomic E-state index is 11.8. The second-order valence-electron chi connectivity index (χ2n) is 5.46. The SMILES string of the molecule is COC(=O)C(Cc1cncn1C(=O)O)NC(=O)OC(C)(C)C. The molecule has 0 aliphatic carbocycles. The third kappa shape index (κ3) is 5.08. The van der Waals surface area contributed by atoms with Gasteiger partial charge in [0.2, 0.25) is 0 Å². The van der Waals surface area contributed by atoms with E-state index in [1.165, 1.54) is 13.3 Å². The standard InChI is InChI=1S/C13H19N3O6/c1-13(2,3)22-11(18)15-9(10(17)21-4)5-8-6-14-7-16(8)12(19)20/h6-7,9H,5H2,1-4H3,(H,15,18)(H,19,20). The molecule has 1 amide bonds. The number of carbonyl (C=O) groups excluding carboxylic acids is 2. The van der Waals surface area contributed by atoms with Crippen molar-refractivity contribution in [1.29, 1.82) is 0 Å². The number of esters is 1. The summed E-state index contributed by atoms with van der Waals surface area (Å²) in [6.07, 6.45) is 0.246. The number of carboxylic acid groups (broad SMARTS) is 1. The Balaban J connectivity index is 2.86. The number of aromatic nitrogens is 2. The molecule has 0 aromatic carbocycles. The van der Waals surface area contributed by atoms with Gasteiger partial charge in [0.15, 0.2) is 0 Å². The lowest BCUT2D eigenvalue weighted by atomic mass is 10.1. The van der Waals surface area contributed by atoms with Gasteiger partial charge in [-0.25, -0.2) is 23.9 Å². The van der Waals surface area contributed by atoms with Crippen LogP contribution in [0.4, 0.5) is 9.59 Å². The van der Waals surface area contributed by atoms with Crippen LogP contribution in [0.5, 0.6) is 0 Å². The van der Waals surface area contributed by atoms with Gasteiger partial charge in [-0.3, -0.25) is 0 Å². The fraction of sp³-hybridized carbons (Fsp3) is 0.538. The molecule has 122 valence electrons. The Bertz CT molecular complexity index is 560. The van der Waals surface area contributed by atoms with Crippen molar-refractivity contribution in [3.8, 4) is 0 Å². The van der Waals surface area contributed by atoms with Crippen LogP contribution in [0.1, 0.15) is 26.5 Å². The molecular formula is C13H19N3O6. The van der Waals surface area contributed by atoms with Gasteiger partial charge >= 0.3 is 18.2 Å². The molecule has 0 saturated carbocycles. The van der Waals surface area contributed by atoms with Gasteiger partial charge in [0.1, 0.15) is 18.0 Å². The number of carbonyl (C=O) groups is 3. The Hall–Kier alpha value is -2.58. The van der Waals surface area contributed by atoms with Gasteiger partial charge in [0.05, 0.1) is 12.8 Å². The average Bonchev–Trinajstić information content (AvgIpc) is 2.83. The van der Waals surface area contributed by atoms with Crippen LogP contribution in [0.3, 0.4) is 0 Å². The first-order valence-corrected chi connectivity index (χ1v) is 6.46. The predicted octanol–water partition coefficient (Wildman–Crippen LogP) is 1.02. The lowest BCUT2D eigenvalue weighted by Crippen LogP contribution is -2.45. The highest BCUT2D eigenvalue weighted by atomic mass is 16.6. The van der Waals surface area contributed by atoms with Crippen LogP contribution in [0, 0.1) is 0 Å². The quantitative estimate of drug-likeness (QED) is 0.796. The zero-order valence-corrected chi connectivity index (χ0v) is 12.8. The molecule has 0 fully saturated rings. The molecule has 1 atom stereocenters. The van der Waals surface area contributed by atoms with Crippen molar-refractivity contribution in [2.75, 3.05) is 7.11 Å². The molecular weight excluding hydrogens is 294 g/mol. The van der Waals surface area contributed by atoms with Gasteiger partial charge in [0, 0.05) is 12.6 Å². The molecule has 2 N–H and O–H groups in total. The first-order chi connectivity index (χ1) is 10.1. The molecule has 1 rings (SSSR count). The Kier molecular flexibility index (Phi) is 5.50. The van der Waals surface area contributed by atoms with Crippen LogP contribution in [0.25, 0.3) is 0 Å². The molecule has 0 aliphatic heterocycles. The van der Waals surface area contributed by atoms with E-state index < -0.39 is 29.8 Å². The van der Waals surface area contributed by atoms with Crippen LogP contribution in [0.2, 0.25) is 0 Å². The number of nitrogens with one attached hydrogen (secondary N) is 1. The van der Waals surface area contributed by atoms with Crippen molar-refractivity contribution >= 4 is 18.2 Å². The summed E-state index contributed by atoms with van der Waals surface area (Å²) >= 11 is 0. The maximum Gasteiger partial charge on any atom is 0.417 e. The van der Waals surface area contributed by atoms with Gasteiger partial charge < -0.3 is 19.9 Å². The summed E-state index contributed by atoms with van der Waals surface area (Å²) < 4.78 is 10.5. The normalized spacial score (nSPS) is 12.4. The van der Waals surface area contributed by atoms with E-state index in [2.05, 4.69) is 15.0 Å². The zero-order chi connectivity index (χ0) is 16.9. The highest BCUT2D eigenvalue weighted by molar-refractivity contribution is 5.81. The van der Waals surface area contributed by atoms with Gasteiger partial charge in [-0.1, -0.05) is 0 Å². The topological polar surface area (TPSA) is 120 Å². The van der Waals surface area contributed by atoms with Crippen LogP contribution in [-0.4, -0.2) is 51.6 Å². The summed E-state index contributed by atoms with van der Waals surface area (Å²) in [6.45, 7) is 5.04. The molecule has 1 unspecified atom stereocenters.